The number of anilines is 1. The normalized spacial score (nSPS) is 12.3. The Balaban J connectivity index is 1.88. The zero-order valence-corrected chi connectivity index (χ0v) is 20.0. The molecule has 0 aliphatic heterocycles. The van der Waals surface area contributed by atoms with Gasteiger partial charge in [-0.05, 0) is 81.1 Å². The fourth-order valence-electron chi connectivity index (χ4n) is 3.69. The van der Waals surface area contributed by atoms with Crippen LogP contribution in [0.15, 0.2) is 71.6 Å². The first-order valence-corrected chi connectivity index (χ1v) is 12.0. The molecule has 0 aliphatic rings. The van der Waals surface area contributed by atoms with E-state index in [4.69, 9.17) is 0 Å². The van der Waals surface area contributed by atoms with Gasteiger partial charge in [-0.15, -0.1) is 0 Å². The molecule has 1 N–H and O–H groups in total. The van der Waals surface area contributed by atoms with Gasteiger partial charge in [-0.2, -0.15) is 0 Å². The van der Waals surface area contributed by atoms with Gasteiger partial charge in [0, 0.05) is 0 Å². The van der Waals surface area contributed by atoms with Gasteiger partial charge in [-0.1, -0.05) is 48.0 Å². The molecule has 0 heterocycles. The maximum atomic E-state index is 13.4. The smallest absolute Gasteiger partial charge is 0.264 e. The Hall–Kier alpha value is -3.12. The number of aryl methyl sites for hydroxylation is 4. The average Bonchev–Trinajstić information content (AvgIpc) is 2.75. The molecule has 32 heavy (non-hydrogen) atoms. The predicted octanol–water partition coefficient (Wildman–Crippen LogP) is 4.99. The first-order chi connectivity index (χ1) is 15.1. The Morgan fingerprint density at radius 2 is 1.47 bits per heavy atom. The summed E-state index contributed by atoms with van der Waals surface area (Å²) in [7, 11) is -3.91. The number of nitrogens with zero attached hydrogens (tertiary/aromatic N) is 1. The van der Waals surface area contributed by atoms with Crippen molar-refractivity contribution in [2.75, 3.05) is 10.8 Å². The Bertz CT molecular complexity index is 1200. The number of para-hydroxylation sites is 1. The van der Waals surface area contributed by atoms with E-state index in [1.54, 1.807) is 48.5 Å². The van der Waals surface area contributed by atoms with Crippen molar-refractivity contribution in [3.8, 4) is 0 Å². The number of sulfonamides is 1. The first-order valence-electron chi connectivity index (χ1n) is 10.6. The van der Waals surface area contributed by atoms with Crippen molar-refractivity contribution in [2.24, 2.45) is 0 Å². The highest BCUT2D eigenvalue weighted by Gasteiger charge is 2.27. The zero-order valence-electron chi connectivity index (χ0n) is 19.2. The van der Waals surface area contributed by atoms with Gasteiger partial charge in [0.05, 0.1) is 16.6 Å². The summed E-state index contributed by atoms with van der Waals surface area (Å²) in [5.41, 5.74) is 5.87. The summed E-state index contributed by atoms with van der Waals surface area (Å²) in [6.07, 6.45) is 0. The van der Waals surface area contributed by atoms with Crippen LogP contribution in [0.2, 0.25) is 0 Å². The number of nitrogens with one attached hydrogen (secondary N) is 1. The highest BCUT2D eigenvalue weighted by atomic mass is 32.2. The van der Waals surface area contributed by atoms with Gasteiger partial charge in [-0.25, -0.2) is 8.42 Å². The second-order valence-corrected chi connectivity index (χ2v) is 10.1. The van der Waals surface area contributed by atoms with Crippen LogP contribution in [0.4, 0.5) is 5.69 Å². The van der Waals surface area contributed by atoms with Crippen molar-refractivity contribution in [2.45, 2.75) is 45.6 Å². The topological polar surface area (TPSA) is 66.5 Å². The molecule has 5 nitrogen and oxygen atoms in total. The molecule has 168 valence electrons. The minimum Gasteiger partial charge on any atom is -0.348 e. The minimum absolute atomic E-state index is 0.151. The second-order valence-electron chi connectivity index (χ2n) is 8.24. The number of benzene rings is 3. The van der Waals surface area contributed by atoms with Crippen LogP contribution in [-0.4, -0.2) is 20.9 Å². The lowest BCUT2D eigenvalue weighted by atomic mass is 9.96. The number of carbonyl (C=O) groups is 1. The lowest BCUT2D eigenvalue weighted by molar-refractivity contribution is -0.120. The molecular weight excluding hydrogens is 420 g/mol. The highest BCUT2D eigenvalue weighted by molar-refractivity contribution is 7.92. The van der Waals surface area contributed by atoms with Crippen molar-refractivity contribution in [1.29, 1.82) is 0 Å². The second kappa shape index (κ2) is 9.57. The maximum Gasteiger partial charge on any atom is 0.264 e. The molecule has 0 aromatic heterocycles. The maximum absolute atomic E-state index is 13.4. The van der Waals surface area contributed by atoms with Crippen molar-refractivity contribution in [3.05, 3.63) is 94.5 Å². The third-order valence-corrected chi connectivity index (χ3v) is 7.45. The van der Waals surface area contributed by atoms with Crippen LogP contribution in [0.25, 0.3) is 0 Å². The zero-order chi connectivity index (χ0) is 23.5. The fourth-order valence-corrected chi connectivity index (χ4v) is 5.11. The number of hydrogen-bond acceptors (Lipinski definition) is 3. The molecule has 0 spiro atoms. The third kappa shape index (κ3) is 5.19. The summed E-state index contributed by atoms with van der Waals surface area (Å²) >= 11 is 0. The van der Waals surface area contributed by atoms with E-state index in [-0.39, 0.29) is 23.4 Å². The Kier molecular flexibility index (Phi) is 7.04. The Morgan fingerprint density at radius 3 is 2.09 bits per heavy atom. The van der Waals surface area contributed by atoms with Crippen LogP contribution in [0.5, 0.6) is 0 Å². The van der Waals surface area contributed by atoms with Crippen molar-refractivity contribution in [3.63, 3.8) is 0 Å². The third-order valence-electron chi connectivity index (χ3n) is 5.67. The number of carbonyl (C=O) groups excluding carboxylic acids is 1. The van der Waals surface area contributed by atoms with Gasteiger partial charge in [-0.3, -0.25) is 9.10 Å². The summed E-state index contributed by atoms with van der Waals surface area (Å²) in [4.78, 5) is 13.1. The molecule has 1 amide bonds. The fraction of sp³-hybridized carbons (Fsp3) is 0.269. The molecule has 0 fully saturated rings. The van der Waals surface area contributed by atoms with Gasteiger partial charge < -0.3 is 5.32 Å². The van der Waals surface area contributed by atoms with Crippen LogP contribution in [0.1, 0.15) is 40.8 Å². The summed E-state index contributed by atoms with van der Waals surface area (Å²) in [5.74, 6) is -0.366. The molecule has 0 aliphatic carbocycles. The number of rotatable bonds is 7. The lowest BCUT2D eigenvalue weighted by Gasteiger charge is -2.25. The molecule has 0 bridgehead atoms. The van der Waals surface area contributed by atoms with E-state index in [0.717, 1.165) is 26.6 Å². The number of amides is 1. The molecule has 3 rings (SSSR count). The molecule has 1 unspecified atom stereocenters. The van der Waals surface area contributed by atoms with Crippen LogP contribution < -0.4 is 9.62 Å². The van der Waals surface area contributed by atoms with Gasteiger partial charge in [0.1, 0.15) is 6.54 Å². The summed E-state index contributed by atoms with van der Waals surface area (Å²) < 4.78 is 28.0. The quantitative estimate of drug-likeness (QED) is 0.551. The van der Waals surface area contributed by atoms with Crippen LogP contribution in [-0.2, 0) is 14.8 Å². The van der Waals surface area contributed by atoms with E-state index in [9.17, 15) is 13.2 Å². The van der Waals surface area contributed by atoms with E-state index in [2.05, 4.69) is 24.4 Å². The van der Waals surface area contributed by atoms with Gasteiger partial charge in [0.15, 0.2) is 0 Å². The predicted molar refractivity (Wildman–Crippen MR) is 129 cm³/mol. The van der Waals surface area contributed by atoms with E-state index in [0.29, 0.717) is 5.69 Å². The van der Waals surface area contributed by atoms with Gasteiger partial charge in [0.25, 0.3) is 10.0 Å². The molecule has 0 saturated carbocycles. The van der Waals surface area contributed by atoms with E-state index in [1.807, 2.05) is 33.8 Å². The minimum atomic E-state index is -3.91. The summed E-state index contributed by atoms with van der Waals surface area (Å²) in [5, 5.41) is 2.97. The first kappa shape index (κ1) is 23.5. The van der Waals surface area contributed by atoms with E-state index in [1.165, 1.54) is 5.56 Å². The molecule has 0 radical (unpaired) electrons. The van der Waals surface area contributed by atoms with Crippen molar-refractivity contribution < 1.29 is 13.2 Å². The van der Waals surface area contributed by atoms with Crippen LogP contribution in [0.3, 0.4) is 0 Å². The summed E-state index contributed by atoms with van der Waals surface area (Å²) in [6, 6.07) is 19.3. The van der Waals surface area contributed by atoms with Crippen molar-refractivity contribution in [1.82, 2.24) is 5.32 Å². The average molecular weight is 451 g/mol. The highest BCUT2D eigenvalue weighted by Crippen LogP contribution is 2.25. The van der Waals surface area contributed by atoms with Crippen LogP contribution >= 0.6 is 0 Å². The largest absolute Gasteiger partial charge is 0.348 e. The standard InChI is InChI=1S/C26H30N2O3S/c1-18-11-13-24(14-12-18)32(30,31)28(23-9-7-6-8-10-23)17-26(29)27-22(5)25-16-20(3)19(2)15-21(25)4/h6-16,22H,17H2,1-5H3,(H,27,29). The summed E-state index contributed by atoms with van der Waals surface area (Å²) in [6.45, 7) is 9.61. The molecule has 1 atom stereocenters. The Morgan fingerprint density at radius 1 is 0.875 bits per heavy atom. The molecule has 3 aromatic carbocycles. The van der Waals surface area contributed by atoms with Gasteiger partial charge in [0.2, 0.25) is 5.91 Å². The number of hydrogen-bond donors (Lipinski definition) is 1. The van der Waals surface area contributed by atoms with Gasteiger partial charge >= 0.3 is 0 Å². The SMILES string of the molecule is Cc1ccc(S(=O)(=O)N(CC(=O)NC(C)c2cc(C)c(C)cc2C)c2ccccc2)cc1. The monoisotopic (exact) mass is 450 g/mol. The molecule has 6 heteroatoms. The van der Waals surface area contributed by atoms with E-state index >= 15 is 0 Å². The Labute approximate surface area is 191 Å². The molecule has 0 saturated heterocycles. The lowest BCUT2D eigenvalue weighted by Crippen LogP contribution is -2.41. The van der Waals surface area contributed by atoms with E-state index < -0.39 is 10.0 Å². The van der Waals surface area contributed by atoms with Crippen molar-refractivity contribution >= 4 is 21.6 Å². The molecule has 3 aromatic rings. The molecular formula is C26H30N2O3S. The van der Waals surface area contributed by atoms with Crippen LogP contribution in [0, 0.1) is 27.7 Å².